The molecule has 0 radical (unpaired) electrons. The average molecular weight is 400 g/mol. The molecule has 0 bridgehead atoms. The summed E-state index contributed by atoms with van der Waals surface area (Å²) >= 11 is 0. The zero-order chi connectivity index (χ0) is 20.3. The third-order valence-electron chi connectivity index (χ3n) is 5.49. The number of nitrogens with one attached hydrogen (secondary N) is 2. The van der Waals surface area contributed by atoms with Gasteiger partial charge in [0.05, 0.1) is 13.2 Å². The lowest BCUT2D eigenvalue weighted by molar-refractivity contribution is 0.235. The van der Waals surface area contributed by atoms with Gasteiger partial charge in [-0.3, -0.25) is 0 Å². The molecule has 1 saturated heterocycles. The van der Waals surface area contributed by atoms with Crippen molar-refractivity contribution in [3.63, 3.8) is 0 Å². The Morgan fingerprint density at radius 1 is 1.31 bits per heavy atom. The van der Waals surface area contributed by atoms with Gasteiger partial charge in [0.25, 0.3) is 0 Å². The Kier molecular flexibility index (Phi) is 5.96. The van der Waals surface area contributed by atoms with E-state index in [0.717, 1.165) is 55.3 Å². The Hall–Kier alpha value is -2.25. The molecule has 0 saturated carbocycles. The molecule has 7 heteroatoms. The van der Waals surface area contributed by atoms with Crippen molar-refractivity contribution in [3.05, 3.63) is 29.5 Å². The van der Waals surface area contributed by atoms with Crippen molar-refractivity contribution in [1.82, 2.24) is 10.2 Å². The maximum atomic E-state index is 6.23. The number of likely N-dealkylation sites (tertiary alicyclic amines) is 1. The van der Waals surface area contributed by atoms with E-state index in [1.165, 1.54) is 31.5 Å². The molecule has 0 spiro atoms. The van der Waals surface area contributed by atoms with Crippen molar-refractivity contribution < 1.29 is 9.47 Å². The number of allylic oxidation sites excluding steroid dienone is 1. The zero-order valence-electron chi connectivity index (χ0n) is 17.6. The van der Waals surface area contributed by atoms with Crippen LogP contribution in [-0.2, 0) is 6.42 Å². The second kappa shape index (κ2) is 8.63. The fourth-order valence-electron chi connectivity index (χ4n) is 4.26. The van der Waals surface area contributed by atoms with Crippen LogP contribution in [0.25, 0.3) is 0 Å². The van der Waals surface area contributed by atoms with Crippen LogP contribution in [-0.4, -0.2) is 49.4 Å². The van der Waals surface area contributed by atoms with Crippen molar-refractivity contribution in [2.75, 3.05) is 38.2 Å². The van der Waals surface area contributed by atoms with E-state index in [2.05, 4.69) is 26.6 Å². The van der Waals surface area contributed by atoms with Gasteiger partial charge >= 0.3 is 0 Å². The van der Waals surface area contributed by atoms with E-state index in [-0.39, 0.29) is 0 Å². The summed E-state index contributed by atoms with van der Waals surface area (Å²) in [5.41, 5.74) is 8.60. The summed E-state index contributed by atoms with van der Waals surface area (Å²) in [4.78, 5) is 7.05. The Morgan fingerprint density at radius 3 is 2.93 bits per heavy atom. The smallest absolute Gasteiger partial charge is 0.202 e. The molecular formula is C22H33N5O2. The number of hydrogen-bond acceptors (Lipinski definition) is 7. The van der Waals surface area contributed by atoms with Crippen LogP contribution < -0.4 is 25.8 Å². The molecule has 4 N–H and O–H groups in total. The lowest BCUT2D eigenvalue weighted by Crippen LogP contribution is -2.55. The number of benzene rings is 1. The predicted molar refractivity (Wildman–Crippen MR) is 117 cm³/mol. The van der Waals surface area contributed by atoms with Gasteiger partial charge in [-0.05, 0) is 71.2 Å². The highest BCUT2D eigenvalue weighted by atomic mass is 16.5. The van der Waals surface area contributed by atoms with Crippen LogP contribution >= 0.6 is 0 Å². The summed E-state index contributed by atoms with van der Waals surface area (Å²) in [6.07, 6.45) is 7.59. The number of aliphatic imine (C=N–C) groups is 1. The Balaban J connectivity index is 1.45. The summed E-state index contributed by atoms with van der Waals surface area (Å²) < 4.78 is 12.1. The second-order valence-electron chi connectivity index (χ2n) is 8.44. The van der Waals surface area contributed by atoms with Gasteiger partial charge in [0, 0.05) is 29.6 Å². The van der Waals surface area contributed by atoms with E-state index < -0.39 is 5.66 Å². The first-order valence-corrected chi connectivity index (χ1v) is 10.8. The van der Waals surface area contributed by atoms with Crippen LogP contribution in [0.3, 0.4) is 0 Å². The Morgan fingerprint density at radius 2 is 2.14 bits per heavy atom. The van der Waals surface area contributed by atoms with E-state index in [1.54, 1.807) is 0 Å². The molecule has 3 aliphatic rings. The van der Waals surface area contributed by atoms with Gasteiger partial charge in [-0.15, -0.1) is 0 Å². The number of anilines is 1. The molecular weight excluding hydrogens is 366 g/mol. The standard InChI is InChI=1S/C22H33N5O2/c1-16-15-22(2,23)26-21(24-16)25-18-13-17-7-5-11-29-20(17)19(14-18)28-12-6-10-27-8-3-4-9-27/h13-15H,3-12,23H2,1-2H3,(H2,24,25,26). The SMILES string of the molecule is CC1=CC(C)(N)NC(Nc2cc3c(c(OCCCN4CCCC4)c2)OCCC3)=N1. The molecule has 1 fully saturated rings. The molecule has 4 rings (SSSR count). The van der Waals surface area contributed by atoms with Gasteiger partial charge in [-0.25, -0.2) is 4.99 Å². The monoisotopic (exact) mass is 399 g/mol. The minimum Gasteiger partial charge on any atom is -0.490 e. The summed E-state index contributed by atoms with van der Waals surface area (Å²) in [7, 11) is 0. The number of rotatable bonds is 6. The number of nitrogens with zero attached hydrogens (tertiary/aromatic N) is 2. The van der Waals surface area contributed by atoms with Gasteiger partial charge in [-0.2, -0.15) is 0 Å². The van der Waals surface area contributed by atoms with Gasteiger partial charge in [0.15, 0.2) is 11.5 Å². The summed E-state index contributed by atoms with van der Waals surface area (Å²) in [5.74, 6) is 2.35. The molecule has 1 atom stereocenters. The summed E-state index contributed by atoms with van der Waals surface area (Å²) in [6.45, 7) is 8.85. The van der Waals surface area contributed by atoms with Crippen LogP contribution in [0.1, 0.15) is 45.1 Å². The van der Waals surface area contributed by atoms with Gasteiger partial charge in [0.1, 0.15) is 5.66 Å². The first-order valence-electron chi connectivity index (χ1n) is 10.8. The number of nitrogens with two attached hydrogens (primary N) is 1. The zero-order valence-corrected chi connectivity index (χ0v) is 17.6. The number of ether oxygens (including phenoxy) is 2. The molecule has 158 valence electrons. The Labute approximate surface area is 173 Å². The maximum Gasteiger partial charge on any atom is 0.202 e. The molecule has 1 aromatic rings. The molecule has 1 unspecified atom stereocenters. The fraction of sp³-hybridized carbons (Fsp3) is 0.591. The minimum atomic E-state index is -0.625. The van der Waals surface area contributed by atoms with Gasteiger partial charge in [-0.1, -0.05) is 0 Å². The number of fused-ring (bicyclic) bond motifs is 1. The van der Waals surface area contributed by atoms with Crippen molar-refractivity contribution in [2.45, 2.75) is 51.6 Å². The molecule has 0 aliphatic carbocycles. The molecule has 3 heterocycles. The topological polar surface area (TPSA) is 84.1 Å². The van der Waals surface area contributed by atoms with Gasteiger partial charge < -0.3 is 30.7 Å². The minimum absolute atomic E-state index is 0.625. The average Bonchev–Trinajstić information content (AvgIpc) is 3.17. The van der Waals surface area contributed by atoms with Crippen LogP contribution in [0.5, 0.6) is 11.5 Å². The predicted octanol–water partition coefficient (Wildman–Crippen LogP) is 2.83. The van der Waals surface area contributed by atoms with E-state index >= 15 is 0 Å². The highest BCUT2D eigenvalue weighted by molar-refractivity contribution is 5.96. The fourth-order valence-corrected chi connectivity index (χ4v) is 4.26. The van der Waals surface area contributed by atoms with Crippen LogP contribution in [0.2, 0.25) is 0 Å². The normalized spacial score (nSPS) is 24.1. The summed E-state index contributed by atoms with van der Waals surface area (Å²) in [5, 5.41) is 6.58. The maximum absolute atomic E-state index is 6.23. The number of guanidine groups is 1. The lowest BCUT2D eigenvalue weighted by Gasteiger charge is -2.29. The van der Waals surface area contributed by atoms with Crippen molar-refractivity contribution in [3.8, 4) is 11.5 Å². The number of hydrogen-bond donors (Lipinski definition) is 3. The van der Waals surface area contributed by atoms with Crippen molar-refractivity contribution in [2.24, 2.45) is 10.7 Å². The van der Waals surface area contributed by atoms with E-state index in [1.807, 2.05) is 26.0 Å². The molecule has 0 aromatic heterocycles. The van der Waals surface area contributed by atoms with E-state index in [9.17, 15) is 0 Å². The van der Waals surface area contributed by atoms with E-state index in [0.29, 0.717) is 12.6 Å². The van der Waals surface area contributed by atoms with Crippen molar-refractivity contribution in [1.29, 1.82) is 0 Å². The largest absolute Gasteiger partial charge is 0.490 e. The van der Waals surface area contributed by atoms with Crippen LogP contribution in [0, 0.1) is 0 Å². The second-order valence-corrected chi connectivity index (χ2v) is 8.44. The first-order chi connectivity index (χ1) is 14.0. The molecule has 7 nitrogen and oxygen atoms in total. The molecule has 29 heavy (non-hydrogen) atoms. The van der Waals surface area contributed by atoms with E-state index in [4.69, 9.17) is 15.2 Å². The molecule has 3 aliphatic heterocycles. The highest BCUT2D eigenvalue weighted by Crippen LogP contribution is 2.38. The summed E-state index contributed by atoms with van der Waals surface area (Å²) in [6, 6.07) is 4.13. The third-order valence-corrected chi connectivity index (χ3v) is 5.49. The third kappa shape index (κ3) is 5.22. The Bertz CT molecular complexity index is 797. The lowest BCUT2D eigenvalue weighted by atomic mass is 10.0. The van der Waals surface area contributed by atoms with Crippen LogP contribution in [0.15, 0.2) is 28.9 Å². The molecule has 1 aromatic carbocycles. The van der Waals surface area contributed by atoms with Crippen LogP contribution in [0.4, 0.5) is 5.69 Å². The van der Waals surface area contributed by atoms with Gasteiger partial charge in [0.2, 0.25) is 5.96 Å². The number of aryl methyl sites for hydroxylation is 1. The highest BCUT2D eigenvalue weighted by Gasteiger charge is 2.23. The first kappa shape index (κ1) is 20.0. The molecule has 0 amide bonds. The quantitative estimate of drug-likeness (QED) is 0.638. The van der Waals surface area contributed by atoms with Crippen molar-refractivity contribution >= 4 is 11.6 Å².